The fraction of sp³-hybridized carbons (Fsp3) is 0.158. The quantitative estimate of drug-likeness (QED) is 0.472. The molecule has 2 aromatic carbocycles. The Hall–Kier alpha value is -3.24. The number of nitrogens with zero attached hydrogens (tertiary/aromatic N) is 2. The topological polar surface area (TPSA) is 114 Å². The number of para-hydroxylation sites is 2. The molecule has 0 amide bonds. The lowest BCUT2D eigenvalue weighted by molar-refractivity contribution is 0.415. The van der Waals surface area contributed by atoms with Gasteiger partial charge in [-0.05, 0) is 24.3 Å². The van der Waals surface area contributed by atoms with E-state index in [0.717, 1.165) is 6.26 Å². The molecule has 0 spiro atoms. The molecule has 30 heavy (non-hydrogen) atoms. The smallest absolute Gasteiger partial charge is 0.229 e. The molecule has 3 N–H and O–H groups in total. The maximum atomic E-state index is 11.7. The zero-order valence-electron chi connectivity index (χ0n) is 16.4. The van der Waals surface area contributed by atoms with Crippen LogP contribution in [0.5, 0.6) is 11.5 Å². The third-order valence-electron chi connectivity index (χ3n) is 3.87. The van der Waals surface area contributed by atoms with Crippen molar-refractivity contribution in [1.82, 2.24) is 9.97 Å². The van der Waals surface area contributed by atoms with E-state index < -0.39 is 10.0 Å². The fourth-order valence-electron chi connectivity index (χ4n) is 2.55. The molecule has 158 valence electrons. The van der Waals surface area contributed by atoms with Crippen LogP contribution < -0.4 is 24.8 Å². The van der Waals surface area contributed by atoms with Crippen LogP contribution in [0.1, 0.15) is 0 Å². The van der Waals surface area contributed by atoms with Crippen molar-refractivity contribution in [2.45, 2.75) is 0 Å². The zero-order chi connectivity index (χ0) is 21.7. The highest BCUT2D eigenvalue weighted by molar-refractivity contribution is 7.92. The lowest BCUT2D eigenvalue weighted by Gasteiger charge is -2.15. The van der Waals surface area contributed by atoms with E-state index in [1.165, 1.54) is 13.3 Å². The summed E-state index contributed by atoms with van der Waals surface area (Å²) in [4.78, 5) is 8.57. The molecule has 0 atom stereocenters. The van der Waals surface area contributed by atoms with Crippen molar-refractivity contribution in [3.63, 3.8) is 0 Å². The van der Waals surface area contributed by atoms with Crippen molar-refractivity contribution in [1.29, 1.82) is 0 Å². The van der Waals surface area contributed by atoms with Crippen molar-refractivity contribution in [2.24, 2.45) is 0 Å². The molecule has 3 rings (SSSR count). The van der Waals surface area contributed by atoms with Crippen molar-refractivity contribution in [3.8, 4) is 11.5 Å². The van der Waals surface area contributed by atoms with Gasteiger partial charge in [0.2, 0.25) is 16.0 Å². The molecule has 0 saturated carbocycles. The largest absolute Gasteiger partial charge is 0.497 e. The Labute approximate surface area is 179 Å². The van der Waals surface area contributed by atoms with Gasteiger partial charge in [-0.2, -0.15) is 4.98 Å². The number of ether oxygens (including phenoxy) is 2. The minimum atomic E-state index is -3.52. The molecule has 1 heterocycles. The number of anilines is 5. The predicted molar refractivity (Wildman–Crippen MR) is 118 cm³/mol. The van der Waals surface area contributed by atoms with Gasteiger partial charge in [-0.3, -0.25) is 4.72 Å². The van der Waals surface area contributed by atoms with Crippen LogP contribution in [-0.2, 0) is 10.0 Å². The predicted octanol–water partition coefficient (Wildman–Crippen LogP) is 4.01. The first-order valence-electron chi connectivity index (χ1n) is 8.64. The van der Waals surface area contributed by atoms with E-state index in [4.69, 9.17) is 21.1 Å². The first-order valence-corrected chi connectivity index (χ1v) is 10.9. The second kappa shape index (κ2) is 9.06. The molecule has 0 saturated heterocycles. The van der Waals surface area contributed by atoms with Crippen molar-refractivity contribution >= 4 is 50.5 Å². The molecule has 3 aromatic rings. The van der Waals surface area contributed by atoms with Crippen LogP contribution in [0.3, 0.4) is 0 Å². The second-order valence-electron chi connectivity index (χ2n) is 6.13. The van der Waals surface area contributed by atoms with Crippen LogP contribution in [0.2, 0.25) is 5.02 Å². The van der Waals surface area contributed by atoms with Crippen LogP contribution in [0.4, 0.5) is 28.8 Å². The SMILES string of the molecule is COc1ccc(Nc2nc(Nc3ccccc3OC)ncc2Cl)c(NS(C)(=O)=O)c1. The molecule has 0 unspecified atom stereocenters. The van der Waals surface area contributed by atoms with Crippen LogP contribution in [-0.4, -0.2) is 38.9 Å². The third kappa shape index (κ3) is 5.43. The Balaban J connectivity index is 1.93. The van der Waals surface area contributed by atoms with Gasteiger partial charge in [-0.25, -0.2) is 13.4 Å². The summed E-state index contributed by atoms with van der Waals surface area (Å²) in [5, 5.41) is 6.35. The second-order valence-corrected chi connectivity index (χ2v) is 8.28. The lowest BCUT2D eigenvalue weighted by Crippen LogP contribution is -2.11. The number of nitrogens with one attached hydrogen (secondary N) is 3. The molecule has 0 radical (unpaired) electrons. The minimum Gasteiger partial charge on any atom is -0.497 e. The van der Waals surface area contributed by atoms with E-state index in [0.29, 0.717) is 22.9 Å². The van der Waals surface area contributed by atoms with Crippen molar-refractivity contribution < 1.29 is 17.9 Å². The number of halogens is 1. The first-order chi connectivity index (χ1) is 14.3. The number of hydrogen-bond donors (Lipinski definition) is 3. The van der Waals surface area contributed by atoms with E-state index in [9.17, 15) is 8.42 Å². The van der Waals surface area contributed by atoms with E-state index in [1.54, 1.807) is 31.4 Å². The van der Waals surface area contributed by atoms with Crippen LogP contribution in [0.25, 0.3) is 0 Å². The van der Waals surface area contributed by atoms with Gasteiger partial charge in [-0.1, -0.05) is 23.7 Å². The summed E-state index contributed by atoms with van der Waals surface area (Å²) in [6, 6.07) is 12.2. The maximum absolute atomic E-state index is 11.7. The van der Waals surface area contributed by atoms with E-state index in [1.807, 2.05) is 18.2 Å². The number of methoxy groups -OCH3 is 2. The van der Waals surface area contributed by atoms with Gasteiger partial charge >= 0.3 is 0 Å². The summed E-state index contributed by atoms with van der Waals surface area (Å²) >= 11 is 6.25. The fourth-order valence-corrected chi connectivity index (χ4v) is 3.26. The number of sulfonamides is 1. The number of aromatic nitrogens is 2. The molecule has 0 bridgehead atoms. The maximum Gasteiger partial charge on any atom is 0.229 e. The van der Waals surface area contributed by atoms with Crippen LogP contribution >= 0.6 is 11.6 Å². The summed E-state index contributed by atoms with van der Waals surface area (Å²) in [6.45, 7) is 0. The summed E-state index contributed by atoms with van der Waals surface area (Å²) in [7, 11) is -0.466. The van der Waals surface area contributed by atoms with Gasteiger partial charge in [0, 0.05) is 6.07 Å². The van der Waals surface area contributed by atoms with Crippen molar-refractivity contribution in [3.05, 3.63) is 53.7 Å². The monoisotopic (exact) mass is 449 g/mol. The van der Waals surface area contributed by atoms with Gasteiger partial charge < -0.3 is 20.1 Å². The number of hydrogen-bond acceptors (Lipinski definition) is 8. The van der Waals surface area contributed by atoms with Gasteiger partial charge in [0.05, 0.1) is 43.7 Å². The summed E-state index contributed by atoms with van der Waals surface area (Å²) in [5.41, 5.74) is 1.40. The minimum absolute atomic E-state index is 0.252. The Bertz CT molecular complexity index is 1160. The molecule has 0 aliphatic heterocycles. The molecular formula is C19H20ClN5O4S. The highest BCUT2D eigenvalue weighted by Crippen LogP contribution is 2.33. The Morgan fingerprint density at radius 3 is 2.43 bits per heavy atom. The molecule has 11 heteroatoms. The Kier molecular flexibility index (Phi) is 6.48. The molecular weight excluding hydrogens is 430 g/mol. The van der Waals surface area contributed by atoms with E-state index in [-0.39, 0.29) is 22.5 Å². The Morgan fingerprint density at radius 2 is 1.73 bits per heavy atom. The van der Waals surface area contributed by atoms with E-state index in [2.05, 4.69) is 25.3 Å². The normalized spacial score (nSPS) is 10.9. The average molecular weight is 450 g/mol. The van der Waals surface area contributed by atoms with Gasteiger partial charge in [0.15, 0.2) is 5.82 Å². The molecule has 0 aliphatic rings. The first kappa shape index (κ1) is 21.5. The van der Waals surface area contributed by atoms with Crippen LogP contribution in [0.15, 0.2) is 48.7 Å². The van der Waals surface area contributed by atoms with Crippen LogP contribution in [0, 0.1) is 0 Å². The van der Waals surface area contributed by atoms with E-state index >= 15 is 0 Å². The standard InChI is InChI=1S/C19H20ClN5O4S/c1-28-12-8-9-14(16(10-12)25-30(3,26)27)22-18-13(20)11-21-19(24-18)23-15-6-4-5-7-17(15)29-2/h4-11,25H,1-3H3,(H2,21,22,23,24). The summed E-state index contributed by atoms with van der Waals surface area (Å²) in [6.07, 6.45) is 2.49. The average Bonchev–Trinajstić information content (AvgIpc) is 2.71. The summed E-state index contributed by atoms with van der Waals surface area (Å²) in [5.74, 6) is 1.67. The van der Waals surface area contributed by atoms with Gasteiger partial charge in [0.25, 0.3) is 0 Å². The molecule has 0 fully saturated rings. The molecule has 1 aromatic heterocycles. The zero-order valence-corrected chi connectivity index (χ0v) is 18.0. The lowest BCUT2D eigenvalue weighted by atomic mass is 10.2. The third-order valence-corrected chi connectivity index (χ3v) is 4.74. The number of rotatable bonds is 8. The summed E-state index contributed by atoms with van der Waals surface area (Å²) < 4.78 is 36.4. The molecule has 0 aliphatic carbocycles. The highest BCUT2D eigenvalue weighted by atomic mass is 35.5. The highest BCUT2D eigenvalue weighted by Gasteiger charge is 2.13. The van der Waals surface area contributed by atoms with Gasteiger partial charge in [0.1, 0.15) is 16.5 Å². The number of benzene rings is 2. The molecule has 9 nitrogen and oxygen atoms in total. The van der Waals surface area contributed by atoms with Gasteiger partial charge in [-0.15, -0.1) is 0 Å². The van der Waals surface area contributed by atoms with Crippen molar-refractivity contribution in [2.75, 3.05) is 35.8 Å². The Morgan fingerprint density at radius 1 is 0.967 bits per heavy atom.